The van der Waals surface area contributed by atoms with E-state index in [0.717, 1.165) is 16.9 Å². The molecule has 18 heavy (non-hydrogen) atoms. The van der Waals surface area contributed by atoms with Crippen molar-refractivity contribution in [1.82, 2.24) is 5.32 Å². The average molecular weight is 250 g/mol. The van der Waals surface area contributed by atoms with Crippen molar-refractivity contribution < 1.29 is 9.53 Å². The number of ether oxygens (including phenoxy) is 1. The van der Waals surface area contributed by atoms with Crippen LogP contribution in [0.5, 0.6) is 5.75 Å². The normalized spacial score (nSPS) is 12.0. The van der Waals surface area contributed by atoms with Crippen LogP contribution < -0.4 is 15.8 Å². The monoisotopic (exact) mass is 250 g/mol. The summed E-state index contributed by atoms with van der Waals surface area (Å²) < 4.78 is 5.35. The fourth-order valence-electron chi connectivity index (χ4n) is 1.81. The lowest BCUT2D eigenvalue weighted by atomic mass is 10.0. The van der Waals surface area contributed by atoms with Crippen LogP contribution in [0.4, 0.5) is 0 Å². The number of nitrogens with two attached hydrogens (primary N) is 1. The minimum Gasteiger partial charge on any atom is -0.496 e. The summed E-state index contributed by atoms with van der Waals surface area (Å²) in [5.41, 5.74) is 7.73. The van der Waals surface area contributed by atoms with Crippen LogP contribution in [0.2, 0.25) is 0 Å². The van der Waals surface area contributed by atoms with Crippen LogP contribution in [0.3, 0.4) is 0 Å². The Bertz CT molecular complexity index is 403. The number of aryl methyl sites for hydroxylation is 2. The lowest BCUT2D eigenvalue weighted by Crippen LogP contribution is -2.35. The van der Waals surface area contributed by atoms with E-state index in [0.29, 0.717) is 19.4 Å². The van der Waals surface area contributed by atoms with Crippen molar-refractivity contribution in [2.24, 2.45) is 5.73 Å². The lowest BCUT2D eigenvalue weighted by molar-refractivity contribution is -0.121. The number of methoxy groups -OCH3 is 1. The van der Waals surface area contributed by atoms with E-state index in [4.69, 9.17) is 10.5 Å². The van der Waals surface area contributed by atoms with Gasteiger partial charge in [-0.2, -0.15) is 0 Å². The summed E-state index contributed by atoms with van der Waals surface area (Å²) in [6.07, 6.45) is 1.13. The van der Waals surface area contributed by atoms with E-state index in [1.165, 1.54) is 0 Å². The second-order valence-corrected chi connectivity index (χ2v) is 4.55. The van der Waals surface area contributed by atoms with Gasteiger partial charge in [-0.15, -0.1) is 0 Å². The predicted molar refractivity (Wildman–Crippen MR) is 72.7 cm³/mol. The van der Waals surface area contributed by atoms with Crippen LogP contribution in [-0.2, 0) is 11.2 Å². The first kappa shape index (κ1) is 14.5. The molecule has 0 radical (unpaired) electrons. The van der Waals surface area contributed by atoms with Gasteiger partial charge in [-0.3, -0.25) is 4.79 Å². The zero-order chi connectivity index (χ0) is 13.5. The Morgan fingerprint density at radius 3 is 2.83 bits per heavy atom. The van der Waals surface area contributed by atoms with Gasteiger partial charge < -0.3 is 15.8 Å². The van der Waals surface area contributed by atoms with E-state index in [2.05, 4.69) is 5.32 Å². The van der Waals surface area contributed by atoms with Gasteiger partial charge in [0.1, 0.15) is 5.75 Å². The predicted octanol–water partition coefficient (Wildman–Crippen LogP) is 1.40. The Hall–Kier alpha value is -1.55. The molecule has 1 aromatic carbocycles. The highest BCUT2D eigenvalue weighted by Gasteiger charge is 2.08. The van der Waals surface area contributed by atoms with Gasteiger partial charge in [0, 0.05) is 19.0 Å². The molecule has 0 fully saturated rings. The molecule has 0 aliphatic carbocycles. The van der Waals surface area contributed by atoms with Gasteiger partial charge in [-0.05, 0) is 31.4 Å². The quantitative estimate of drug-likeness (QED) is 0.802. The Morgan fingerprint density at radius 2 is 2.22 bits per heavy atom. The SMILES string of the molecule is COc1c(C)cccc1CCC(=O)NCC(C)N. The number of para-hydroxylation sites is 1. The van der Waals surface area contributed by atoms with Crippen LogP contribution >= 0.6 is 0 Å². The molecule has 3 N–H and O–H groups in total. The third-order valence-electron chi connectivity index (χ3n) is 2.74. The summed E-state index contributed by atoms with van der Waals surface area (Å²) in [5.74, 6) is 0.897. The number of benzene rings is 1. The molecular formula is C14H22N2O2. The molecule has 0 spiro atoms. The molecule has 0 bridgehead atoms. The number of amides is 1. The number of hydrogen-bond acceptors (Lipinski definition) is 3. The van der Waals surface area contributed by atoms with Gasteiger partial charge in [0.25, 0.3) is 0 Å². The topological polar surface area (TPSA) is 64.3 Å². The molecular weight excluding hydrogens is 228 g/mol. The van der Waals surface area contributed by atoms with Crippen LogP contribution in [-0.4, -0.2) is 25.6 Å². The van der Waals surface area contributed by atoms with E-state index >= 15 is 0 Å². The first-order chi connectivity index (χ1) is 8.54. The second-order valence-electron chi connectivity index (χ2n) is 4.55. The molecule has 0 aliphatic rings. The van der Waals surface area contributed by atoms with Gasteiger partial charge >= 0.3 is 0 Å². The summed E-state index contributed by atoms with van der Waals surface area (Å²) in [7, 11) is 1.65. The van der Waals surface area contributed by atoms with Crippen LogP contribution in [0.25, 0.3) is 0 Å². The van der Waals surface area contributed by atoms with Gasteiger partial charge in [0.15, 0.2) is 0 Å². The van der Waals surface area contributed by atoms with Gasteiger partial charge in [-0.25, -0.2) is 0 Å². The van der Waals surface area contributed by atoms with Gasteiger partial charge in [0.2, 0.25) is 5.91 Å². The minimum atomic E-state index is -0.0116. The standard InChI is InChI=1S/C14H22N2O2/c1-10-5-4-6-12(14(10)18-3)7-8-13(17)16-9-11(2)15/h4-6,11H,7-9,15H2,1-3H3,(H,16,17). The molecule has 1 rings (SSSR count). The lowest BCUT2D eigenvalue weighted by Gasteiger charge is -2.11. The average Bonchev–Trinajstić information content (AvgIpc) is 2.33. The van der Waals surface area contributed by atoms with E-state index in [-0.39, 0.29) is 11.9 Å². The molecule has 1 amide bonds. The molecule has 0 saturated carbocycles. The van der Waals surface area contributed by atoms with Crippen molar-refractivity contribution in [3.05, 3.63) is 29.3 Å². The van der Waals surface area contributed by atoms with Crippen molar-refractivity contribution in [1.29, 1.82) is 0 Å². The Kier molecular flexibility index (Phi) is 5.65. The molecule has 4 heteroatoms. The number of rotatable bonds is 6. The molecule has 100 valence electrons. The van der Waals surface area contributed by atoms with Gasteiger partial charge in [0.05, 0.1) is 7.11 Å². The van der Waals surface area contributed by atoms with Crippen LogP contribution in [0.15, 0.2) is 18.2 Å². The van der Waals surface area contributed by atoms with E-state index in [1.54, 1.807) is 7.11 Å². The van der Waals surface area contributed by atoms with Crippen molar-refractivity contribution in [2.75, 3.05) is 13.7 Å². The smallest absolute Gasteiger partial charge is 0.220 e. The number of carbonyl (C=O) groups is 1. The Morgan fingerprint density at radius 1 is 1.50 bits per heavy atom. The molecule has 0 aliphatic heterocycles. The zero-order valence-electron chi connectivity index (χ0n) is 11.3. The number of hydrogen-bond donors (Lipinski definition) is 2. The first-order valence-electron chi connectivity index (χ1n) is 6.19. The zero-order valence-corrected chi connectivity index (χ0v) is 11.3. The highest BCUT2D eigenvalue weighted by Crippen LogP contribution is 2.23. The van der Waals surface area contributed by atoms with Crippen molar-refractivity contribution in [3.63, 3.8) is 0 Å². The van der Waals surface area contributed by atoms with Crippen molar-refractivity contribution in [3.8, 4) is 5.75 Å². The summed E-state index contributed by atoms with van der Waals surface area (Å²) in [4.78, 5) is 11.6. The largest absolute Gasteiger partial charge is 0.496 e. The fourth-order valence-corrected chi connectivity index (χ4v) is 1.81. The Labute approximate surface area is 109 Å². The maximum atomic E-state index is 11.6. The maximum absolute atomic E-state index is 11.6. The second kappa shape index (κ2) is 7.01. The maximum Gasteiger partial charge on any atom is 0.220 e. The van der Waals surface area contributed by atoms with E-state index in [1.807, 2.05) is 32.0 Å². The molecule has 0 aromatic heterocycles. The van der Waals surface area contributed by atoms with Crippen molar-refractivity contribution >= 4 is 5.91 Å². The molecule has 0 saturated heterocycles. The summed E-state index contributed by atoms with van der Waals surface area (Å²) in [6, 6.07) is 5.96. The highest BCUT2D eigenvalue weighted by molar-refractivity contribution is 5.76. The molecule has 1 aromatic rings. The van der Waals surface area contributed by atoms with E-state index in [9.17, 15) is 4.79 Å². The number of carbonyl (C=O) groups excluding carboxylic acids is 1. The molecule has 0 heterocycles. The molecule has 1 unspecified atom stereocenters. The number of nitrogens with one attached hydrogen (secondary N) is 1. The van der Waals surface area contributed by atoms with E-state index < -0.39 is 0 Å². The molecule has 4 nitrogen and oxygen atoms in total. The summed E-state index contributed by atoms with van der Waals surface area (Å²) >= 11 is 0. The third-order valence-corrected chi connectivity index (χ3v) is 2.74. The fraction of sp³-hybridized carbons (Fsp3) is 0.500. The van der Waals surface area contributed by atoms with Crippen LogP contribution in [0.1, 0.15) is 24.5 Å². The van der Waals surface area contributed by atoms with Gasteiger partial charge in [-0.1, -0.05) is 18.2 Å². The van der Waals surface area contributed by atoms with Crippen LogP contribution in [0, 0.1) is 6.92 Å². The first-order valence-corrected chi connectivity index (χ1v) is 6.19. The highest BCUT2D eigenvalue weighted by atomic mass is 16.5. The third kappa shape index (κ3) is 4.37. The summed E-state index contributed by atoms with van der Waals surface area (Å²) in [6.45, 7) is 4.38. The summed E-state index contributed by atoms with van der Waals surface area (Å²) in [5, 5.41) is 2.80. The molecule has 1 atom stereocenters. The Balaban J connectivity index is 2.53. The van der Waals surface area contributed by atoms with Crippen molar-refractivity contribution in [2.45, 2.75) is 32.7 Å². The minimum absolute atomic E-state index is 0.0116.